The molecule has 0 aromatic rings. The van der Waals surface area contributed by atoms with Crippen molar-refractivity contribution in [3.8, 4) is 0 Å². The maximum atomic E-state index is 12.0. The standard InChI is InChI=1S/C14H25NO4/c1-5-14(6-2)10(9-11(14)19-4)15(3)12(16)7-8-13(17)18/h10-11H,5-9H2,1-4H3,(H,17,18). The molecule has 1 rings (SSSR count). The minimum atomic E-state index is -0.928. The molecule has 1 aliphatic rings. The number of rotatable bonds is 7. The van der Waals surface area contributed by atoms with E-state index >= 15 is 0 Å². The first kappa shape index (κ1) is 16.0. The van der Waals surface area contributed by atoms with Crippen LogP contribution < -0.4 is 0 Å². The molecular formula is C14H25NO4. The minimum absolute atomic E-state index is 0.0163. The van der Waals surface area contributed by atoms with Crippen molar-refractivity contribution in [2.24, 2.45) is 5.41 Å². The van der Waals surface area contributed by atoms with E-state index in [1.807, 2.05) is 0 Å². The SMILES string of the molecule is CCC1(CC)C(OC)CC1N(C)C(=O)CCC(=O)O. The fourth-order valence-corrected chi connectivity index (χ4v) is 3.34. The summed E-state index contributed by atoms with van der Waals surface area (Å²) in [6, 6.07) is 0.161. The Kier molecular flexibility index (Phi) is 5.35. The van der Waals surface area contributed by atoms with Crippen molar-refractivity contribution in [3.05, 3.63) is 0 Å². The third kappa shape index (κ3) is 2.91. The number of hydrogen-bond donors (Lipinski definition) is 1. The van der Waals surface area contributed by atoms with Gasteiger partial charge in [0.05, 0.1) is 12.5 Å². The molecule has 0 bridgehead atoms. The molecule has 0 spiro atoms. The molecule has 19 heavy (non-hydrogen) atoms. The van der Waals surface area contributed by atoms with Crippen LogP contribution in [0.15, 0.2) is 0 Å². The van der Waals surface area contributed by atoms with Crippen molar-refractivity contribution in [1.29, 1.82) is 0 Å². The predicted molar refractivity (Wildman–Crippen MR) is 71.9 cm³/mol. The first-order valence-corrected chi connectivity index (χ1v) is 6.93. The molecule has 0 aromatic heterocycles. The van der Waals surface area contributed by atoms with Crippen LogP contribution in [0.2, 0.25) is 0 Å². The molecule has 0 aromatic carbocycles. The fourth-order valence-electron chi connectivity index (χ4n) is 3.34. The minimum Gasteiger partial charge on any atom is -0.481 e. The lowest BCUT2D eigenvalue weighted by atomic mass is 9.58. The molecule has 2 atom stereocenters. The fraction of sp³-hybridized carbons (Fsp3) is 0.857. The van der Waals surface area contributed by atoms with Gasteiger partial charge in [0.2, 0.25) is 5.91 Å². The highest BCUT2D eigenvalue weighted by molar-refractivity contribution is 5.81. The predicted octanol–water partition coefficient (Wildman–Crippen LogP) is 1.90. The van der Waals surface area contributed by atoms with Crippen LogP contribution in [0.4, 0.5) is 0 Å². The van der Waals surface area contributed by atoms with E-state index in [9.17, 15) is 9.59 Å². The number of ether oxygens (including phenoxy) is 1. The molecule has 1 fully saturated rings. The highest BCUT2D eigenvalue weighted by atomic mass is 16.5. The van der Waals surface area contributed by atoms with Gasteiger partial charge < -0.3 is 14.7 Å². The molecule has 1 amide bonds. The second kappa shape index (κ2) is 6.37. The van der Waals surface area contributed by atoms with Crippen molar-refractivity contribution >= 4 is 11.9 Å². The van der Waals surface area contributed by atoms with E-state index in [4.69, 9.17) is 9.84 Å². The van der Waals surface area contributed by atoms with Crippen molar-refractivity contribution in [3.63, 3.8) is 0 Å². The third-order valence-corrected chi connectivity index (χ3v) is 4.76. The molecule has 0 heterocycles. The van der Waals surface area contributed by atoms with Gasteiger partial charge in [-0.3, -0.25) is 9.59 Å². The van der Waals surface area contributed by atoms with E-state index in [1.165, 1.54) is 0 Å². The Morgan fingerprint density at radius 1 is 1.32 bits per heavy atom. The highest BCUT2D eigenvalue weighted by Crippen LogP contribution is 2.50. The van der Waals surface area contributed by atoms with Gasteiger partial charge in [-0.25, -0.2) is 0 Å². The van der Waals surface area contributed by atoms with Crippen LogP contribution in [-0.2, 0) is 14.3 Å². The number of amides is 1. The summed E-state index contributed by atoms with van der Waals surface area (Å²) in [5, 5.41) is 8.64. The molecule has 5 heteroatoms. The summed E-state index contributed by atoms with van der Waals surface area (Å²) in [4.78, 5) is 24.3. The molecule has 1 N–H and O–H groups in total. The third-order valence-electron chi connectivity index (χ3n) is 4.76. The summed E-state index contributed by atoms with van der Waals surface area (Å²) in [5.74, 6) is -1.02. The molecule has 0 radical (unpaired) electrons. The Morgan fingerprint density at radius 2 is 1.89 bits per heavy atom. The van der Waals surface area contributed by atoms with Gasteiger partial charge in [0, 0.05) is 32.0 Å². The summed E-state index contributed by atoms with van der Waals surface area (Å²) in [6.07, 6.45) is 2.93. The first-order valence-electron chi connectivity index (χ1n) is 6.93. The van der Waals surface area contributed by atoms with Gasteiger partial charge in [-0.05, 0) is 19.3 Å². The summed E-state index contributed by atoms with van der Waals surface area (Å²) in [7, 11) is 3.49. The average Bonchev–Trinajstić information content (AvgIpc) is 2.36. The topological polar surface area (TPSA) is 66.8 Å². The maximum Gasteiger partial charge on any atom is 0.303 e. The Morgan fingerprint density at radius 3 is 2.32 bits per heavy atom. The Balaban J connectivity index is 2.69. The zero-order valence-corrected chi connectivity index (χ0v) is 12.3. The van der Waals surface area contributed by atoms with Gasteiger partial charge in [-0.1, -0.05) is 13.8 Å². The van der Waals surface area contributed by atoms with Crippen LogP contribution in [0, 0.1) is 5.41 Å². The monoisotopic (exact) mass is 271 g/mol. The summed E-state index contributed by atoms with van der Waals surface area (Å²) in [6.45, 7) is 4.24. The normalized spacial score (nSPS) is 24.6. The quantitative estimate of drug-likeness (QED) is 0.768. The number of hydrogen-bond acceptors (Lipinski definition) is 3. The summed E-state index contributed by atoms with van der Waals surface area (Å²) >= 11 is 0. The summed E-state index contributed by atoms with van der Waals surface area (Å²) < 4.78 is 5.51. The molecule has 0 saturated heterocycles. The van der Waals surface area contributed by atoms with Crippen LogP contribution in [0.25, 0.3) is 0 Å². The smallest absolute Gasteiger partial charge is 0.303 e. The van der Waals surface area contributed by atoms with Crippen LogP contribution in [0.1, 0.15) is 46.0 Å². The number of nitrogens with zero attached hydrogens (tertiary/aromatic N) is 1. The van der Waals surface area contributed by atoms with Crippen LogP contribution >= 0.6 is 0 Å². The zero-order valence-electron chi connectivity index (χ0n) is 12.3. The molecule has 5 nitrogen and oxygen atoms in total. The lowest BCUT2D eigenvalue weighted by Crippen LogP contribution is -2.64. The first-order chi connectivity index (χ1) is 8.92. The molecular weight excluding hydrogens is 246 g/mol. The lowest BCUT2D eigenvalue weighted by Gasteiger charge is -2.57. The van der Waals surface area contributed by atoms with Crippen molar-refractivity contribution in [2.45, 2.75) is 58.1 Å². The van der Waals surface area contributed by atoms with Crippen molar-refractivity contribution in [2.75, 3.05) is 14.2 Å². The second-order valence-electron chi connectivity index (χ2n) is 5.31. The van der Waals surface area contributed by atoms with Gasteiger partial charge in [0.1, 0.15) is 0 Å². The molecule has 0 aliphatic heterocycles. The Bertz CT molecular complexity index is 338. The van der Waals surface area contributed by atoms with Gasteiger partial charge in [0.15, 0.2) is 0 Å². The van der Waals surface area contributed by atoms with E-state index in [2.05, 4.69) is 13.8 Å². The largest absolute Gasteiger partial charge is 0.481 e. The van der Waals surface area contributed by atoms with E-state index in [1.54, 1.807) is 19.1 Å². The van der Waals surface area contributed by atoms with Gasteiger partial charge >= 0.3 is 5.97 Å². The lowest BCUT2D eigenvalue weighted by molar-refractivity contribution is -0.170. The number of carboxylic acid groups (broad SMARTS) is 1. The van der Waals surface area contributed by atoms with Gasteiger partial charge in [-0.15, -0.1) is 0 Å². The molecule has 1 aliphatic carbocycles. The number of carbonyl (C=O) groups excluding carboxylic acids is 1. The number of carbonyl (C=O) groups is 2. The Hall–Kier alpha value is -1.10. The summed E-state index contributed by atoms with van der Waals surface area (Å²) in [5.41, 5.74) is 0.0163. The number of aliphatic carboxylic acids is 1. The average molecular weight is 271 g/mol. The van der Waals surface area contributed by atoms with Gasteiger partial charge in [-0.2, -0.15) is 0 Å². The molecule has 2 unspecified atom stereocenters. The maximum absolute atomic E-state index is 12.0. The number of carboxylic acids is 1. The second-order valence-corrected chi connectivity index (χ2v) is 5.31. The molecule has 110 valence electrons. The zero-order chi connectivity index (χ0) is 14.6. The van der Waals surface area contributed by atoms with E-state index in [-0.39, 0.29) is 36.3 Å². The molecule has 1 saturated carbocycles. The highest BCUT2D eigenvalue weighted by Gasteiger charge is 2.55. The number of methoxy groups -OCH3 is 1. The van der Waals surface area contributed by atoms with E-state index < -0.39 is 5.97 Å². The van der Waals surface area contributed by atoms with Crippen LogP contribution in [0.5, 0.6) is 0 Å². The van der Waals surface area contributed by atoms with Crippen LogP contribution in [0.3, 0.4) is 0 Å². The van der Waals surface area contributed by atoms with Crippen molar-refractivity contribution in [1.82, 2.24) is 4.90 Å². The van der Waals surface area contributed by atoms with Crippen LogP contribution in [-0.4, -0.2) is 48.2 Å². The van der Waals surface area contributed by atoms with Gasteiger partial charge in [0.25, 0.3) is 0 Å². The van der Waals surface area contributed by atoms with Crippen molar-refractivity contribution < 1.29 is 19.4 Å². The van der Waals surface area contributed by atoms with E-state index in [0.717, 1.165) is 19.3 Å². The van der Waals surface area contributed by atoms with E-state index in [0.29, 0.717) is 0 Å². The Labute approximate surface area is 114 Å².